The average Bonchev–Trinajstić information content (AvgIpc) is 3.05. The number of H-pyrrole nitrogens is 1. The van der Waals surface area contributed by atoms with Crippen molar-refractivity contribution < 1.29 is 4.39 Å². The van der Waals surface area contributed by atoms with Gasteiger partial charge in [0, 0.05) is 36.0 Å². The maximum absolute atomic E-state index is 13.2. The number of aryl methyl sites for hydroxylation is 1. The minimum atomic E-state index is -0.471. The maximum atomic E-state index is 13.2. The molecule has 0 atom stereocenters. The van der Waals surface area contributed by atoms with Crippen molar-refractivity contribution in [3.63, 3.8) is 0 Å². The Morgan fingerprint density at radius 2 is 1.72 bits per heavy atom. The molecule has 0 aliphatic heterocycles. The molecule has 4 rings (SSSR count). The highest BCUT2D eigenvalue weighted by Gasteiger charge is 2.07. The van der Waals surface area contributed by atoms with Crippen LogP contribution in [-0.4, -0.2) is 22.0 Å². The Balaban J connectivity index is 1.69. The lowest BCUT2D eigenvalue weighted by Crippen LogP contribution is -1.94. The summed E-state index contributed by atoms with van der Waals surface area (Å²) >= 11 is 0. The van der Waals surface area contributed by atoms with Gasteiger partial charge in [0.05, 0.1) is 11.7 Å². The first-order valence-electron chi connectivity index (χ1n) is 8.03. The molecule has 0 saturated carbocycles. The highest BCUT2D eigenvalue weighted by Crippen LogP contribution is 2.28. The Morgan fingerprint density at radius 1 is 0.960 bits per heavy atom. The summed E-state index contributed by atoms with van der Waals surface area (Å²) in [4.78, 5) is 11.3. The predicted octanol–water partition coefficient (Wildman–Crippen LogP) is 4.78. The smallest absolute Gasteiger partial charge is 0.213 e. The number of nitrogens with zero attached hydrogens (tertiary/aromatic N) is 2. The van der Waals surface area contributed by atoms with E-state index >= 15 is 0 Å². The van der Waals surface area contributed by atoms with Crippen LogP contribution >= 0.6 is 0 Å². The molecule has 0 saturated heterocycles. The Labute approximate surface area is 144 Å². The summed E-state index contributed by atoms with van der Waals surface area (Å²) < 4.78 is 13.2. The fourth-order valence-electron chi connectivity index (χ4n) is 2.98. The number of pyridine rings is 2. The molecule has 0 spiro atoms. The van der Waals surface area contributed by atoms with Gasteiger partial charge in [-0.1, -0.05) is 24.3 Å². The lowest BCUT2D eigenvalue weighted by atomic mass is 10.0. The molecule has 3 aromatic heterocycles. The summed E-state index contributed by atoms with van der Waals surface area (Å²) in [5, 5.41) is 3.86. The van der Waals surface area contributed by atoms with Crippen LogP contribution in [0.3, 0.4) is 0 Å². The number of aromatic nitrogens is 3. The molecule has 0 amide bonds. The zero-order chi connectivity index (χ0) is 17.4. The molecule has 0 aliphatic carbocycles. The van der Waals surface area contributed by atoms with E-state index in [1.54, 1.807) is 0 Å². The number of nitrogens with one attached hydrogen (secondary N) is 2. The third-order valence-corrected chi connectivity index (χ3v) is 4.35. The standard InChI is InChI=1S/C20H17FN4/c1-12-7-20(22-2)24-10-16(12)13-3-5-14(6-4-13)17-8-15-9-19(21)23-11-18(15)25-17/h3-11,25H,1-2H3,(H,22,24). The van der Waals surface area contributed by atoms with E-state index in [2.05, 4.69) is 51.5 Å². The molecular formula is C20H17FN4. The topological polar surface area (TPSA) is 53.6 Å². The molecule has 5 heteroatoms. The van der Waals surface area contributed by atoms with Gasteiger partial charge in [-0.05, 0) is 35.7 Å². The summed E-state index contributed by atoms with van der Waals surface area (Å²) in [6, 6.07) is 13.6. The second kappa shape index (κ2) is 6.02. The fourth-order valence-corrected chi connectivity index (χ4v) is 2.98. The molecule has 0 radical (unpaired) electrons. The number of benzene rings is 1. The van der Waals surface area contributed by atoms with Crippen LogP contribution in [0.4, 0.5) is 10.2 Å². The van der Waals surface area contributed by atoms with Crippen LogP contribution in [0.5, 0.6) is 0 Å². The van der Waals surface area contributed by atoms with Crippen LogP contribution in [0, 0.1) is 12.9 Å². The van der Waals surface area contributed by atoms with Crippen molar-refractivity contribution in [3.05, 3.63) is 66.4 Å². The highest BCUT2D eigenvalue weighted by molar-refractivity contribution is 5.85. The number of fused-ring (bicyclic) bond motifs is 1. The molecule has 0 fully saturated rings. The number of rotatable bonds is 3. The third kappa shape index (κ3) is 2.85. The van der Waals surface area contributed by atoms with E-state index in [0.29, 0.717) is 0 Å². The quantitative estimate of drug-likeness (QED) is 0.531. The van der Waals surface area contributed by atoms with Gasteiger partial charge in [-0.3, -0.25) is 0 Å². The van der Waals surface area contributed by atoms with Gasteiger partial charge in [-0.15, -0.1) is 0 Å². The largest absolute Gasteiger partial charge is 0.373 e. The van der Waals surface area contributed by atoms with Gasteiger partial charge >= 0.3 is 0 Å². The molecule has 4 aromatic rings. The summed E-state index contributed by atoms with van der Waals surface area (Å²) in [6.07, 6.45) is 3.40. The molecule has 0 bridgehead atoms. The zero-order valence-electron chi connectivity index (χ0n) is 14.0. The van der Waals surface area contributed by atoms with Gasteiger partial charge in [0.1, 0.15) is 5.82 Å². The van der Waals surface area contributed by atoms with Crippen molar-refractivity contribution in [2.45, 2.75) is 6.92 Å². The second-order valence-electron chi connectivity index (χ2n) is 5.99. The minimum Gasteiger partial charge on any atom is -0.373 e. The molecule has 3 heterocycles. The number of anilines is 1. The van der Waals surface area contributed by atoms with Crippen molar-refractivity contribution >= 4 is 16.7 Å². The summed E-state index contributed by atoms with van der Waals surface area (Å²) in [6.45, 7) is 2.07. The van der Waals surface area contributed by atoms with Gasteiger partial charge in [-0.2, -0.15) is 4.39 Å². The lowest BCUT2D eigenvalue weighted by molar-refractivity contribution is 0.586. The number of hydrogen-bond donors (Lipinski definition) is 2. The lowest BCUT2D eigenvalue weighted by Gasteiger charge is -2.08. The van der Waals surface area contributed by atoms with E-state index < -0.39 is 5.95 Å². The first-order chi connectivity index (χ1) is 12.1. The number of hydrogen-bond acceptors (Lipinski definition) is 3. The van der Waals surface area contributed by atoms with E-state index in [9.17, 15) is 4.39 Å². The Morgan fingerprint density at radius 3 is 2.44 bits per heavy atom. The summed E-state index contributed by atoms with van der Waals surface area (Å²) in [5.41, 5.74) is 6.18. The minimum absolute atomic E-state index is 0.471. The SMILES string of the molecule is CNc1cc(C)c(-c2ccc(-c3cc4cc(F)ncc4[nH]3)cc2)cn1. The van der Waals surface area contributed by atoms with E-state index in [-0.39, 0.29) is 0 Å². The van der Waals surface area contributed by atoms with Crippen LogP contribution in [0.25, 0.3) is 33.3 Å². The van der Waals surface area contributed by atoms with Gasteiger partial charge < -0.3 is 10.3 Å². The first-order valence-corrected chi connectivity index (χ1v) is 8.03. The van der Waals surface area contributed by atoms with Gasteiger partial charge in [-0.25, -0.2) is 9.97 Å². The molecule has 0 unspecified atom stereocenters. The molecule has 2 N–H and O–H groups in total. The molecule has 124 valence electrons. The zero-order valence-corrected chi connectivity index (χ0v) is 14.0. The summed E-state index contributed by atoms with van der Waals surface area (Å²) in [7, 11) is 1.86. The molecular weight excluding hydrogens is 315 g/mol. The molecule has 1 aromatic carbocycles. The fraction of sp³-hybridized carbons (Fsp3) is 0.100. The van der Waals surface area contributed by atoms with Crippen molar-refractivity contribution in [1.29, 1.82) is 0 Å². The van der Waals surface area contributed by atoms with E-state index in [0.717, 1.165) is 39.1 Å². The van der Waals surface area contributed by atoms with Crippen LogP contribution in [0.1, 0.15) is 5.56 Å². The Bertz CT molecular complexity index is 1050. The highest BCUT2D eigenvalue weighted by atomic mass is 19.1. The van der Waals surface area contributed by atoms with Gasteiger partial charge in [0.25, 0.3) is 0 Å². The maximum Gasteiger partial charge on any atom is 0.213 e. The third-order valence-electron chi connectivity index (χ3n) is 4.35. The average molecular weight is 332 g/mol. The van der Waals surface area contributed by atoms with Crippen LogP contribution in [0.15, 0.2) is 54.9 Å². The number of aromatic amines is 1. The van der Waals surface area contributed by atoms with Crippen molar-refractivity contribution in [1.82, 2.24) is 15.0 Å². The molecule has 25 heavy (non-hydrogen) atoms. The van der Waals surface area contributed by atoms with Crippen molar-refractivity contribution in [2.75, 3.05) is 12.4 Å². The normalized spacial score (nSPS) is 11.0. The van der Waals surface area contributed by atoms with Gasteiger partial charge in [0.2, 0.25) is 5.95 Å². The van der Waals surface area contributed by atoms with Crippen LogP contribution in [-0.2, 0) is 0 Å². The van der Waals surface area contributed by atoms with Crippen LogP contribution < -0.4 is 5.32 Å². The predicted molar refractivity (Wildman–Crippen MR) is 99.0 cm³/mol. The van der Waals surface area contributed by atoms with Crippen molar-refractivity contribution in [3.8, 4) is 22.4 Å². The van der Waals surface area contributed by atoms with E-state index in [1.807, 2.05) is 25.4 Å². The molecule has 0 aliphatic rings. The second-order valence-corrected chi connectivity index (χ2v) is 5.99. The van der Waals surface area contributed by atoms with E-state index in [1.165, 1.54) is 17.8 Å². The van der Waals surface area contributed by atoms with Crippen LogP contribution in [0.2, 0.25) is 0 Å². The first kappa shape index (κ1) is 15.3. The molecule has 4 nitrogen and oxygen atoms in total. The van der Waals surface area contributed by atoms with E-state index in [4.69, 9.17) is 0 Å². The number of halogens is 1. The Hall–Kier alpha value is -3.21. The van der Waals surface area contributed by atoms with Gasteiger partial charge in [0.15, 0.2) is 0 Å². The Kier molecular flexibility index (Phi) is 3.69. The van der Waals surface area contributed by atoms with Crippen molar-refractivity contribution in [2.24, 2.45) is 0 Å². The monoisotopic (exact) mass is 332 g/mol. The summed E-state index contributed by atoms with van der Waals surface area (Å²) in [5.74, 6) is 0.387.